The fraction of sp³-hybridized carbons (Fsp3) is 0.481. The van der Waals surface area contributed by atoms with Gasteiger partial charge in [0, 0.05) is 11.9 Å². The molecule has 0 N–H and O–H groups in total. The first-order valence-corrected chi connectivity index (χ1v) is 11.9. The van der Waals surface area contributed by atoms with Crippen molar-refractivity contribution in [3.63, 3.8) is 0 Å². The fourth-order valence-electron chi connectivity index (χ4n) is 3.16. The highest BCUT2D eigenvalue weighted by atomic mass is 19.1. The summed E-state index contributed by atoms with van der Waals surface area (Å²) in [6.07, 6.45) is 12.2. The maximum atomic E-state index is 13.3. The zero-order valence-corrected chi connectivity index (χ0v) is 21.4. The third-order valence-corrected chi connectivity index (χ3v) is 4.96. The van der Waals surface area contributed by atoms with E-state index in [2.05, 4.69) is 48.8 Å². The van der Waals surface area contributed by atoms with Crippen molar-refractivity contribution in [2.45, 2.75) is 80.6 Å². The van der Waals surface area contributed by atoms with E-state index in [1.807, 2.05) is 32.9 Å². The predicted molar refractivity (Wildman–Crippen MR) is 135 cm³/mol. The van der Waals surface area contributed by atoms with E-state index in [4.69, 9.17) is 0 Å². The number of Topliss-reactive ketones (excluding diaryl/α,β-unsaturated/α-hetero) is 1. The number of unbranched alkanes of at least 4 members (excludes halogenated alkanes) is 1. The van der Waals surface area contributed by atoms with E-state index in [9.17, 15) is 9.18 Å². The molecule has 0 aliphatic heterocycles. The van der Waals surface area contributed by atoms with Crippen molar-refractivity contribution >= 4 is 17.5 Å². The molecular formula is C27H39FN4O. The molecule has 0 saturated heterocycles. The number of allylic oxidation sites excluding steroid dienone is 1. The van der Waals surface area contributed by atoms with E-state index < -0.39 is 0 Å². The van der Waals surface area contributed by atoms with Crippen LogP contribution in [0, 0.1) is 18.7 Å². The summed E-state index contributed by atoms with van der Waals surface area (Å²) in [5, 5.41) is 4.01. The Kier molecular flexibility index (Phi) is 12.2. The molecule has 0 amide bonds. The minimum absolute atomic E-state index is 0.00639. The molecule has 3 aromatic rings. The van der Waals surface area contributed by atoms with Crippen LogP contribution in [0.3, 0.4) is 0 Å². The predicted octanol–water partition coefficient (Wildman–Crippen LogP) is 7.45. The molecule has 6 heteroatoms. The zero-order chi connectivity index (χ0) is 25.0. The lowest BCUT2D eigenvalue weighted by atomic mass is 9.93. The number of hydrogen-bond donors (Lipinski definition) is 0. The summed E-state index contributed by atoms with van der Waals surface area (Å²) in [5.41, 5.74) is 4.03. The molecule has 0 bridgehead atoms. The maximum absolute atomic E-state index is 13.3. The van der Waals surface area contributed by atoms with Crippen molar-refractivity contribution in [2.24, 2.45) is 5.92 Å². The SMILES string of the molecule is CC.CC(=O)c1cnn2ccc(C)nc12.CCCCC(C)c1cc(F)cnc1/C=C/C(C)C. The summed E-state index contributed by atoms with van der Waals surface area (Å²) < 4.78 is 14.9. The summed E-state index contributed by atoms with van der Waals surface area (Å²) in [7, 11) is 0. The average molecular weight is 455 g/mol. The highest BCUT2D eigenvalue weighted by Crippen LogP contribution is 2.25. The molecule has 5 nitrogen and oxygen atoms in total. The van der Waals surface area contributed by atoms with Gasteiger partial charge in [-0.05, 0) is 55.9 Å². The molecule has 3 rings (SSSR count). The van der Waals surface area contributed by atoms with Gasteiger partial charge in [0.1, 0.15) is 5.82 Å². The van der Waals surface area contributed by atoms with Gasteiger partial charge in [0.05, 0.1) is 23.7 Å². The summed E-state index contributed by atoms with van der Waals surface area (Å²) in [6.45, 7) is 16.0. The van der Waals surface area contributed by atoms with E-state index in [1.165, 1.54) is 26.0 Å². The van der Waals surface area contributed by atoms with E-state index in [-0.39, 0.29) is 11.6 Å². The molecule has 0 saturated carbocycles. The lowest BCUT2D eigenvalue weighted by Gasteiger charge is -2.14. The Morgan fingerprint density at radius 2 is 1.91 bits per heavy atom. The molecule has 0 spiro atoms. The smallest absolute Gasteiger partial charge is 0.166 e. The molecule has 0 aromatic carbocycles. The fourth-order valence-corrected chi connectivity index (χ4v) is 3.16. The van der Waals surface area contributed by atoms with Gasteiger partial charge in [-0.15, -0.1) is 0 Å². The number of aromatic nitrogens is 4. The molecule has 180 valence electrons. The third kappa shape index (κ3) is 8.87. The average Bonchev–Trinajstić information content (AvgIpc) is 3.21. The monoisotopic (exact) mass is 454 g/mol. The van der Waals surface area contributed by atoms with Crippen molar-refractivity contribution < 1.29 is 9.18 Å². The van der Waals surface area contributed by atoms with Gasteiger partial charge in [0.2, 0.25) is 0 Å². The topological polar surface area (TPSA) is 60.2 Å². The van der Waals surface area contributed by atoms with Crippen LogP contribution in [0.1, 0.15) is 101 Å². The van der Waals surface area contributed by atoms with E-state index in [0.717, 1.165) is 23.4 Å². The van der Waals surface area contributed by atoms with E-state index in [0.29, 0.717) is 23.0 Å². The Hall–Kier alpha value is -2.89. The van der Waals surface area contributed by atoms with Crippen molar-refractivity contribution in [1.29, 1.82) is 0 Å². The van der Waals surface area contributed by atoms with Crippen molar-refractivity contribution in [1.82, 2.24) is 19.6 Å². The number of hydrogen-bond acceptors (Lipinski definition) is 4. The van der Waals surface area contributed by atoms with Crippen LogP contribution in [0.2, 0.25) is 0 Å². The van der Waals surface area contributed by atoms with Crippen LogP contribution in [0.4, 0.5) is 4.39 Å². The summed E-state index contributed by atoms with van der Waals surface area (Å²) in [5.74, 6) is 0.596. The number of rotatable bonds is 7. The molecule has 0 aliphatic rings. The van der Waals surface area contributed by atoms with Gasteiger partial charge in [0.15, 0.2) is 11.4 Å². The lowest BCUT2D eigenvalue weighted by Crippen LogP contribution is -2.00. The number of ketones is 1. The normalized spacial score (nSPS) is 11.7. The van der Waals surface area contributed by atoms with Gasteiger partial charge in [0.25, 0.3) is 0 Å². The van der Waals surface area contributed by atoms with E-state index >= 15 is 0 Å². The second kappa shape index (κ2) is 14.3. The Morgan fingerprint density at radius 3 is 2.52 bits per heavy atom. The second-order valence-electron chi connectivity index (χ2n) is 8.23. The van der Waals surface area contributed by atoms with Crippen LogP contribution in [0.5, 0.6) is 0 Å². The molecule has 3 aromatic heterocycles. The first kappa shape index (κ1) is 28.1. The lowest BCUT2D eigenvalue weighted by molar-refractivity contribution is 0.101. The molecule has 0 aliphatic carbocycles. The van der Waals surface area contributed by atoms with Crippen molar-refractivity contribution in [3.8, 4) is 0 Å². The Morgan fingerprint density at radius 1 is 1.21 bits per heavy atom. The van der Waals surface area contributed by atoms with Crippen LogP contribution in [0.25, 0.3) is 11.7 Å². The maximum Gasteiger partial charge on any atom is 0.166 e. The molecule has 1 atom stereocenters. The summed E-state index contributed by atoms with van der Waals surface area (Å²) in [6, 6.07) is 3.48. The van der Waals surface area contributed by atoms with Gasteiger partial charge in [-0.3, -0.25) is 9.78 Å². The first-order chi connectivity index (χ1) is 15.7. The Labute approximate surface area is 198 Å². The number of aryl methyl sites for hydroxylation is 1. The van der Waals surface area contributed by atoms with Crippen LogP contribution in [0.15, 0.2) is 36.8 Å². The number of fused-ring (bicyclic) bond motifs is 1. The third-order valence-electron chi connectivity index (χ3n) is 4.96. The highest BCUT2D eigenvalue weighted by molar-refractivity contribution is 5.99. The van der Waals surface area contributed by atoms with Crippen LogP contribution in [-0.2, 0) is 0 Å². The van der Waals surface area contributed by atoms with Gasteiger partial charge >= 0.3 is 0 Å². The number of pyridine rings is 1. The number of halogens is 1. The van der Waals surface area contributed by atoms with Crippen molar-refractivity contribution in [3.05, 3.63) is 65.1 Å². The number of carbonyl (C=O) groups excluding carboxylic acids is 1. The molecule has 0 fully saturated rings. The minimum Gasteiger partial charge on any atom is -0.294 e. The van der Waals surface area contributed by atoms with Gasteiger partial charge in [-0.1, -0.05) is 60.5 Å². The summed E-state index contributed by atoms with van der Waals surface area (Å²) in [4.78, 5) is 19.6. The molecular weight excluding hydrogens is 415 g/mol. The Balaban J connectivity index is 0.000000319. The molecule has 1 unspecified atom stereocenters. The van der Waals surface area contributed by atoms with Gasteiger partial charge < -0.3 is 0 Å². The molecule has 0 radical (unpaired) electrons. The number of nitrogens with zero attached hydrogens (tertiary/aromatic N) is 4. The standard InChI is InChI=1S/C16H24FN.C9H9N3O.C2H6/c1-5-6-7-13(4)15-10-14(17)11-18-16(15)9-8-12(2)3;1-6-3-4-12-9(11-6)8(5-10-12)7(2)13;1-2/h8-13H,5-7H2,1-4H3;3-5H,1-2H3;1-2H3/b9-8+;;. The molecule has 33 heavy (non-hydrogen) atoms. The quantitative estimate of drug-likeness (QED) is 0.348. The second-order valence-corrected chi connectivity index (χ2v) is 8.23. The van der Waals surface area contributed by atoms with Gasteiger partial charge in [-0.2, -0.15) is 5.10 Å². The highest BCUT2D eigenvalue weighted by Gasteiger charge is 2.11. The van der Waals surface area contributed by atoms with Crippen molar-refractivity contribution in [2.75, 3.05) is 0 Å². The largest absolute Gasteiger partial charge is 0.294 e. The van der Waals surface area contributed by atoms with Crippen LogP contribution in [-0.4, -0.2) is 25.4 Å². The van der Waals surface area contributed by atoms with E-state index in [1.54, 1.807) is 23.0 Å². The Bertz CT molecular complexity index is 1040. The van der Waals surface area contributed by atoms with Crippen LogP contribution < -0.4 is 0 Å². The van der Waals surface area contributed by atoms with Crippen LogP contribution >= 0.6 is 0 Å². The number of carbonyl (C=O) groups is 1. The zero-order valence-electron chi connectivity index (χ0n) is 21.4. The first-order valence-electron chi connectivity index (χ1n) is 11.9. The summed E-state index contributed by atoms with van der Waals surface area (Å²) >= 11 is 0. The minimum atomic E-state index is -0.241. The molecule has 3 heterocycles. The van der Waals surface area contributed by atoms with Gasteiger partial charge in [-0.25, -0.2) is 13.9 Å².